The number of aromatic nitrogens is 5. The van der Waals surface area contributed by atoms with Gasteiger partial charge in [-0.3, -0.25) is 9.48 Å². The summed E-state index contributed by atoms with van der Waals surface area (Å²) in [4.78, 5) is 16.4. The number of fused-ring (bicyclic) bond motifs is 1. The van der Waals surface area contributed by atoms with Gasteiger partial charge in [0.2, 0.25) is 0 Å². The van der Waals surface area contributed by atoms with Gasteiger partial charge in [-0.1, -0.05) is 6.07 Å². The number of halogens is 3. The van der Waals surface area contributed by atoms with Crippen LogP contribution in [0.5, 0.6) is 0 Å². The highest BCUT2D eigenvalue weighted by atomic mass is 19.4. The molecule has 2 fully saturated rings. The van der Waals surface area contributed by atoms with E-state index in [1.807, 2.05) is 10.9 Å². The second-order valence-electron chi connectivity index (χ2n) is 9.19. The summed E-state index contributed by atoms with van der Waals surface area (Å²) in [6, 6.07) is 8.66. The van der Waals surface area contributed by atoms with Gasteiger partial charge in [-0.05, 0) is 43.2 Å². The first-order chi connectivity index (χ1) is 17.8. The first-order valence-electron chi connectivity index (χ1n) is 12.0. The normalized spacial score (nSPS) is 18.0. The lowest BCUT2D eigenvalue weighted by molar-refractivity contribution is -0.181. The van der Waals surface area contributed by atoms with Gasteiger partial charge in [-0.25, -0.2) is 9.67 Å². The van der Waals surface area contributed by atoms with Crippen LogP contribution >= 0.6 is 0 Å². The second kappa shape index (κ2) is 8.96. The fourth-order valence-corrected chi connectivity index (χ4v) is 4.97. The van der Waals surface area contributed by atoms with E-state index in [1.165, 1.54) is 6.07 Å². The summed E-state index contributed by atoms with van der Waals surface area (Å²) in [6.45, 7) is 1.24. The summed E-state index contributed by atoms with van der Waals surface area (Å²) in [6.07, 6.45) is 3.84. The van der Waals surface area contributed by atoms with Crippen LogP contribution in [0.1, 0.15) is 47.9 Å². The van der Waals surface area contributed by atoms with Gasteiger partial charge in [-0.15, -0.1) is 0 Å². The summed E-state index contributed by atoms with van der Waals surface area (Å²) < 4.78 is 54.4. The van der Waals surface area contributed by atoms with E-state index in [4.69, 9.17) is 14.6 Å². The maximum absolute atomic E-state index is 13.1. The molecule has 0 radical (unpaired) electrons. The Bertz CT molecular complexity index is 1430. The standard InChI is InChI=1S/C25H23F3N6O3/c26-25(27,28)22-4-1-3-18(30-22)23(35)31-20-13-16-15-34(17-5-7-24(8-6-17)36-11-12-37-24)32-19(16)14-21(20)33-10-2-9-29-33/h1-4,9-10,13-15,17H,5-8,11-12H2,(H,31,35). The molecule has 37 heavy (non-hydrogen) atoms. The molecule has 1 amide bonds. The molecule has 192 valence electrons. The molecule has 1 aliphatic carbocycles. The number of rotatable bonds is 4. The Morgan fingerprint density at radius 1 is 1.11 bits per heavy atom. The van der Waals surface area contributed by atoms with Crippen LogP contribution in [-0.4, -0.2) is 49.5 Å². The highest BCUT2D eigenvalue weighted by Crippen LogP contribution is 2.40. The number of hydrogen-bond acceptors (Lipinski definition) is 6. The molecule has 4 aromatic rings. The zero-order valence-corrected chi connectivity index (χ0v) is 19.6. The first-order valence-corrected chi connectivity index (χ1v) is 12.0. The lowest BCUT2D eigenvalue weighted by Crippen LogP contribution is -2.35. The lowest BCUT2D eigenvalue weighted by Gasteiger charge is -2.35. The number of nitrogens with one attached hydrogen (secondary N) is 1. The number of pyridine rings is 1. The molecule has 9 nitrogen and oxygen atoms in total. The molecule has 0 bridgehead atoms. The van der Waals surface area contributed by atoms with Gasteiger partial charge >= 0.3 is 6.18 Å². The third-order valence-electron chi connectivity index (χ3n) is 6.82. The average Bonchev–Trinajstić information content (AvgIpc) is 3.65. The number of hydrogen-bond donors (Lipinski definition) is 1. The number of amides is 1. The Balaban J connectivity index is 1.31. The van der Waals surface area contributed by atoms with Gasteiger partial charge in [0.25, 0.3) is 5.91 Å². The van der Waals surface area contributed by atoms with Crippen molar-refractivity contribution in [1.82, 2.24) is 24.5 Å². The fourth-order valence-electron chi connectivity index (χ4n) is 4.97. The van der Waals surface area contributed by atoms with Gasteiger partial charge in [0.15, 0.2) is 5.79 Å². The van der Waals surface area contributed by atoms with Crippen molar-refractivity contribution in [2.24, 2.45) is 0 Å². The number of anilines is 1. The molecule has 1 saturated carbocycles. The third-order valence-corrected chi connectivity index (χ3v) is 6.82. The van der Waals surface area contributed by atoms with Crippen LogP contribution in [-0.2, 0) is 15.7 Å². The fraction of sp³-hybridized carbons (Fsp3) is 0.360. The number of nitrogens with zero attached hydrogens (tertiary/aromatic N) is 5. The Morgan fingerprint density at radius 3 is 2.59 bits per heavy atom. The number of carbonyl (C=O) groups excluding carboxylic acids is 1. The van der Waals surface area contributed by atoms with Gasteiger partial charge in [0.05, 0.1) is 36.1 Å². The lowest BCUT2D eigenvalue weighted by atomic mass is 9.90. The van der Waals surface area contributed by atoms with Crippen molar-refractivity contribution in [3.8, 4) is 5.69 Å². The maximum atomic E-state index is 13.1. The summed E-state index contributed by atoms with van der Waals surface area (Å²) >= 11 is 0. The summed E-state index contributed by atoms with van der Waals surface area (Å²) in [5, 5.41) is 12.5. The largest absolute Gasteiger partial charge is 0.433 e. The topological polar surface area (TPSA) is 96.1 Å². The van der Waals surface area contributed by atoms with Gasteiger partial charge in [0, 0.05) is 36.8 Å². The summed E-state index contributed by atoms with van der Waals surface area (Å²) in [5.74, 6) is -1.23. The maximum Gasteiger partial charge on any atom is 0.433 e. The van der Waals surface area contributed by atoms with Crippen molar-refractivity contribution >= 4 is 22.5 Å². The minimum atomic E-state index is -4.65. The van der Waals surface area contributed by atoms with Crippen molar-refractivity contribution in [2.45, 2.75) is 43.7 Å². The smallest absolute Gasteiger partial charge is 0.348 e. The molecule has 1 aromatic carbocycles. The second-order valence-corrected chi connectivity index (χ2v) is 9.19. The number of benzene rings is 1. The highest BCUT2D eigenvalue weighted by molar-refractivity contribution is 6.05. The van der Waals surface area contributed by atoms with Crippen LogP contribution in [0.4, 0.5) is 18.9 Å². The van der Waals surface area contributed by atoms with Crippen LogP contribution in [0, 0.1) is 0 Å². The predicted octanol–water partition coefficient (Wildman–Crippen LogP) is 4.75. The predicted molar refractivity (Wildman–Crippen MR) is 126 cm³/mol. The molecule has 3 aromatic heterocycles. The monoisotopic (exact) mass is 512 g/mol. The van der Waals surface area contributed by atoms with Crippen LogP contribution in [0.25, 0.3) is 16.6 Å². The van der Waals surface area contributed by atoms with E-state index < -0.39 is 23.6 Å². The van der Waals surface area contributed by atoms with Crippen molar-refractivity contribution in [2.75, 3.05) is 18.5 Å². The summed E-state index contributed by atoms with van der Waals surface area (Å²) in [5.41, 5.74) is 0.124. The van der Waals surface area contributed by atoms with E-state index in [0.29, 0.717) is 30.1 Å². The molecular formula is C25H23F3N6O3. The zero-order valence-electron chi connectivity index (χ0n) is 19.6. The molecule has 1 N–H and O–H groups in total. The van der Waals surface area contributed by atoms with Gasteiger partial charge < -0.3 is 14.8 Å². The van der Waals surface area contributed by atoms with E-state index in [-0.39, 0.29) is 11.7 Å². The molecule has 2 aliphatic rings. The zero-order chi connectivity index (χ0) is 25.6. The number of alkyl halides is 3. The molecule has 0 atom stereocenters. The minimum Gasteiger partial charge on any atom is -0.348 e. The SMILES string of the molecule is O=C(Nc1cc2cn(C3CCC4(CC3)OCCO4)nc2cc1-n1cccn1)c1cccc(C(F)(F)F)n1. The van der Waals surface area contributed by atoms with E-state index in [2.05, 4.69) is 15.4 Å². The Morgan fingerprint density at radius 2 is 1.89 bits per heavy atom. The van der Waals surface area contributed by atoms with Gasteiger partial charge in [0.1, 0.15) is 11.4 Å². The van der Waals surface area contributed by atoms with Crippen molar-refractivity contribution in [3.05, 3.63) is 66.4 Å². The van der Waals surface area contributed by atoms with E-state index in [1.54, 1.807) is 35.3 Å². The van der Waals surface area contributed by atoms with E-state index in [9.17, 15) is 18.0 Å². The van der Waals surface area contributed by atoms with E-state index >= 15 is 0 Å². The molecule has 12 heteroatoms. The van der Waals surface area contributed by atoms with Crippen LogP contribution in [0.15, 0.2) is 55.0 Å². The average molecular weight is 512 g/mol. The number of ether oxygens (including phenoxy) is 2. The van der Waals surface area contributed by atoms with Crippen LogP contribution in [0.3, 0.4) is 0 Å². The molecule has 1 aliphatic heterocycles. The molecular weight excluding hydrogens is 489 g/mol. The molecule has 6 rings (SSSR count). The quantitative estimate of drug-likeness (QED) is 0.424. The van der Waals surface area contributed by atoms with Crippen LogP contribution in [0.2, 0.25) is 0 Å². The van der Waals surface area contributed by atoms with Crippen molar-refractivity contribution in [3.63, 3.8) is 0 Å². The molecule has 1 saturated heterocycles. The highest BCUT2D eigenvalue weighted by Gasteiger charge is 2.41. The Labute approximate surface area is 209 Å². The number of carbonyl (C=O) groups is 1. The summed E-state index contributed by atoms with van der Waals surface area (Å²) in [7, 11) is 0. The molecule has 1 spiro atoms. The van der Waals surface area contributed by atoms with Gasteiger partial charge in [-0.2, -0.15) is 23.4 Å². The van der Waals surface area contributed by atoms with Crippen molar-refractivity contribution < 1.29 is 27.4 Å². The van der Waals surface area contributed by atoms with Crippen molar-refractivity contribution in [1.29, 1.82) is 0 Å². The van der Waals surface area contributed by atoms with Crippen LogP contribution < -0.4 is 5.32 Å². The van der Waals surface area contributed by atoms with E-state index in [0.717, 1.165) is 43.2 Å². The Kier molecular flexibility index (Phi) is 5.72. The third kappa shape index (κ3) is 4.58. The molecule has 0 unspecified atom stereocenters. The first kappa shape index (κ1) is 23.6. The molecule has 4 heterocycles. The Hall–Kier alpha value is -3.77. The minimum absolute atomic E-state index is 0.173.